The fourth-order valence-corrected chi connectivity index (χ4v) is 2.68. The normalized spacial score (nSPS) is 10.7. The van der Waals surface area contributed by atoms with E-state index in [0.29, 0.717) is 24.6 Å². The molecule has 28 heavy (non-hydrogen) atoms. The number of aryl methyl sites for hydroxylation is 1. The number of para-hydroxylation sites is 1. The van der Waals surface area contributed by atoms with Gasteiger partial charge in [-0.25, -0.2) is 4.68 Å². The smallest absolute Gasteiger partial charge is 0.246 e. The molecule has 8 heteroatoms. The Balaban J connectivity index is 1.26. The minimum atomic E-state index is -0.0869. The predicted octanol–water partition coefficient (Wildman–Crippen LogP) is 2.57. The first kappa shape index (κ1) is 17.6. The number of carbonyl (C=O) groups is 1. The molecule has 0 radical (unpaired) electrons. The topological polar surface area (TPSA) is 98.7 Å². The zero-order valence-corrected chi connectivity index (χ0v) is 15.0. The molecule has 1 amide bonds. The molecule has 3 heterocycles. The Labute approximate surface area is 161 Å². The summed E-state index contributed by atoms with van der Waals surface area (Å²) in [5, 5.41) is 11.0. The van der Waals surface area contributed by atoms with Gasteiger partial charge < -0.3 is 9.84 Å². The highest BCUT2D eigenvalue weighted by molar-refractivity contribution is 5.76. The van der Waals surface area contributed by atoms with Crippen LogP contribution in [0.15, 0.2) is 71.8 Å². The fraction of sp³-hybridized carbons (Fsp3) is 0.150. The molecular formula is C20H18N6O2. The highest BCUT2D eigenvalue weighted by Crippen LogP contribution is 2.14. The highest BCUT2D eigenvalue weighted by atomic mass is 16.5. The van der Waals surface area contributed by atoms with Crippen LogP contribution in [-0.2, 0) is 17.8 Å². The van der Waals surface area contributed by atoms with Crippen LogP contribution in [0.3, 0.4) is 0 Å². The third kappa shape index (κ3) is 4.29. The number of amides is 1. The Morgan fingerprint density at radius 2 is 1.93 bits per heavy atom. The monoisotopic (exact) mass is 374 g/mol. The zero-order chi connectivity index (χ0) is 19.2. The number of hydrogen-bond donors (Lipinski definition) is 1. The maximum absolute atomic E-state index is 12.1. The van der Waals surface area contributed by atoms with E-state index in [1.165, 1.54) is 0 Å². The molecule has 0 bridgehead atoms. The molecular weight excluding hydrogens is 356 g/mol. The molecule has 0 saturated carbocycles. The van der Waals surface area contributed by atoms with Crippen molar-refractivity contribution in [2.24, 2.45) is 0 Å². The van der Waals surface area contributed by atoms with Crippen LogP contribution in [0.25, 0.3) is 17.1 Å². The van der Waals surface area contributed by atoms with E-state index in [1.54, 1.807) is 35.4 Å². The van der Waals surface area contributed by atoms with Gasteiger partial charge in [-0.3, -0.25) is 9.78 Å². The van der Waals surface area contributed by atoms with E-state index in [-0.39, 0.29) is 12.5 Å². The van der Waals surface area contributed by atoms with Gasteiger partial charge in [-0.15, -0.1) is 0 Å². The Hall–Kier alpha value is -3.81. The number of benzene rings is 1. The summed E-state index contributed by atoms with van der Waals surface area (Å²) in [5.41, 5.74) is 2.79. The molecule has 0 atom stereocenters. The largest absolute Gasteiger partial charge is 0.347 e. The Morgan fingerprint density at radius 1 is 1.11 bits per heavy atom. The number of nitrogens with one attached hydrogen (secondary N) is 1. The van der Waals surface area contributed by atoms with Crippen LogP contribution < -0.4 is 5.32 Å². The Bertz CT molecular complexity index is 959. The van der Waals surface area contributed by atoms with Gasteiger partial charge in [-0.1, -0.05) is 23.4 Å². The van der Waals surface area contributed by atoms with Crippen LogP contribution in [0.5, 0.6) is 0 Å². The maximum Gasteiger partial charge on any atom is 0.246 e. The van der Waals surface area contributed by atoms with Crippen molar-refractivity contribution in [3.63, 3.8) is 0 Å². The minimum Gasteiger partial charge on any atom is -0.347 e. The first-order valence-corrected chi connectivity index (χ1v) is 8.86. The van der Waals surface area contributed by atoms with Crippen molar-refractivity contribution in [1.82, 2.24) is 30.2 Å². The second-order valence-electron chi connectivity index (χ2n) is 6.15. The van der Waals surface area contributed by atoms with Crippen LogP contribution in [0.2, 0.25) is 0 Å². The lowest BCUT2D eigenvalue weighted by Crippen LogP contribution is -2.23. The average molecular weight is 374 g/mol. The summed E-state index contributed by atoms with van der Waals surface area (Å²) < 4.78 is 6.97. The Morgan fingerprint density at radius 3 is 2.75 bits per heavy atom. The van der Waals surface area contributed by atoms with Crippen LogP contribution in [0.1, 0.15) is 17.9 Å². The lowest BCUT2D eigenvalue weighted by molar-refractivity contribution is -0.121. The fourth-order valence-electron chi connectivity index (χ4n) is 2.68. The summed E-state index contributed by atoms with van der Waals surface area (Å²) in [6, 6.07) is 13.4. The van der Waals surface area contributed by atoms with Gasteiger partial charge in [0, 0.05) is 30.6 Å². The van der Waals surface area contributed by atoms with Gasteiger partial charge in [0.2, 0.25) is 17.6 Å². The average Bonchev–Trinajstić information content (AvgIpc) is 3.42. The third-order valence-corrected chi connectivity index (χ3v) is 4.14. The van der Waals surface area contributed by atoms with Gasteiger partial charge in [0.05, 0.1) is 18.4 Å². The van der Waals surface area contributed by atoms with E-state index in [4.69, 9.17) is 4.52 Å². The number of pyridine rings is 1. The van der Waals surface area contributed by atoms with Crippen molar-refractivity contribution in [2.75, 3.05) is 0 Å². The number of aromatic nitrogens is 5. The summed E-state index contributed by atoms with van der Waals surface area (Å²) in [6.07, 6.45) is 7.98. The van der Waals surface area contributed by atoms with E-state index in [2.05, 4.69) is 25.5 Å². The molecule has 0 aliphatic heterocycles. The van der Waals surface area contributed by atoms with E-state index < -0.39 is 0 Å². The molecule has 140 valence electrons. The first-order valence-electron chi connectivity index (χ1n) is 8.86. The SMILES string of the molecule is O=C(CCc1cnn(-c2ccccc2)c1)NCc1nc(-c2ccncc2)no1. The minimum absolute atomic E-state index is 0.0869. The lowest BCUT2D eigenvalue weighted by Gasteiger charge is -2.01. The zero-order valence-electron chi connectivity index (χ0n) is 15.0. The molecule has 4 rings (SSSR count). The van der Waals surface area contributed by atoms with E-state index in [9.17, 15) is 4.79 Å². The van der Waals surface area contributed by atoms with Crippen LogP contribution in [-0.4, -0.2) is 30.8 Å². The summed E-state index contributed by atoms with van der Waals surface area (Å²) in [7, 11) is 0. The summed E-state index contributed by atoms with van der Waals surface area (Å²) in [6.45, 7) is 0.195. The first-order chi connectivity index (χ1) is 13.8. The molecule has 3 aromatic heterocycles. The van der Waals surface area contributed by atoms with Gasteiger partial charge in [0.25, 0.3) is 0 Å². The molecule has 8 nitrogen and oxygen atoms in total. The molecule has 0 aliphatic carbocycles. The quantitative estimate of drug-likeness (QED) is 0.534. The van der Waals surface area contributed by atoms with Crippen LogP contribution in [0, 0.1) is 0 Å². The van der Waals surface area contributed by atoms with Gasteiger partial charge in [-0.05, 0) is 36.2 Å². The molecule has 0 saturated heterocycles. The second kappa shape index (κ2) is 8.26. The van der Waals surface area contributed by atoms with Crippen molar-refractivity contribution in [3.8, 4) is 17.1 Å². The van der Waals surface area contributed by atoms with Crippen molar-refractivity contribution < 1.29 is 9.32 Å². The van der Waals surface area contributed by atoms with E-state index in [1.807, 2.05) is 36.5 Å². The van der Waals surface area contributed by atoms with E-state index in [0.717, 1.165) is 16.8 Å². The molecule has 0 aliphatic rings. The van der Waals surface area contributed by atoms with Gasteiger partial charge in [-0.2, -0.15) is 10.1 Å². The number of carbonyl (C=O) groups excluding carboxylic acids is 1. The van der Waals surface area contributed by atoms with Gasteiger partial charge in [0.1, 0.15) is 0 Å². The number of hydrogen-bond acceptors (Lipinski definition) is 6. The summed E-state index contributed by atoms with van der Waals surface area (Å²) >= 11 is 0. The molecule has 1 N–H and O–H groups in total. The van der Waals surface area contributed by atoms with Crippen LogP contribution >= 0.6 is 0 Å². The maximum atomic E-state index is 12.1. The molecule has 4 aromatic rings. The highest BCUT2D eigenvalue weighted by Gasteiger charge is 2.10. The molecule has 0 fully saturated rings. The number of rotatable bonds is 7. The molecule has 1 aromatic carbocycles. The number of nitrogens with zero attached hydrogens (tertiary/aromatic N) is 5. The van der Waals surface area contributed by atoms with Gasteiger partial charge >= 0.3 is 0 Å². The third-order valence-electron chi connectivity index (χ3n) is 4.14. The van der Waals surface area contributed by atoms with Crippen molar-refractivity contribution in [2.45, 2.75) is 19.4 Å². The van der Waals surface area contributed by atoms with Crippen molar-refractivity contribution in [3.05, 3.63) is 78.7 Å². The standard InChI is InChI=1S/C20H18N6O2/c27-18(7-6-15-12-23-26(14-15)17-4-2-1-3-5-17)22-13-19-24-20(25-28-19)16-8-10-21-11-9-16/h1-5,8-12,14H,6-7,13H2,(H,22,27). The van der Waals surface area contributed by atoms with Gasteiger partial charge in [0.15, 0.2) is 0 Å². The van der Waals surface area contributed by atoms with Crippen LogP contribution in [0.4, 0.5) is 0 Å². The Kier molecular flexibility index (Phi) is 5.19. The van der Waals surface area contributed by atoms with E-state index >= 15 is 0 Å². The predicted molar refractivity (Wildman–Crippen MR) is 101 cm³/mol. The van der Waals surface area contributed by atoms with Crippen molar-refractivity contribution >= 4 is 5.91 Å². The summed E-state index contributed by atoms with van der Waals surface area (Å²) in [4.78, 5) is 20.3. The lowest BCUT2D eigenvalue weighted by atomic mass is 10.2. The second-order valence-corrected chi connectivity index (χ2v) is 6.15. The summed E-state index contributed by atoms with van der Waals surface area (Å²) in [5.74, 6) is 0.744. The molecule has 0 spiro atoms. The van der Waals surface area contributed by atoms with Crippen molar-refractivity contribution in [1.29, 1.82) is 0 Å². The molecule has 0 unspecified atom stereocenters.